The van der Waals surface area contributed by atoms with Crippen LogP contribution in [0, 0.1) is 0 Å². The van der Waals surface area contributed by atoms with E-state index in [1.54, 1.807) is 23.9 Å². The predicted molar refractivity (Wildman–Crippen MR) is 123 cm³/mol. The number of halogens is 1. The lowest BCUT2D eigenvalue weighted by Gasteiger charge is -2.18. The van der Waals surface area contributed by atoms with Gasteiger partial charge in [-0.2, -0.15) is 0 Å². The van der Waals surface area contributed by atoms with E-state index in [0.717, 1.165) is 31.8 Å². The molecule has 0 heterocycles. The van der Waals surface area contributed by atoms with Crippen LogP contribution in [0.3, 0.4) is 0 Å². The molecule has 5 nitrogen and oxygen atoms in total. The van der Waals surface area contributed by atoms with Crippen LogP contribution in [0.15, 0.2) is 47.4 Å². The van der Waals surface area contributed by atoms with E-state index in [1.165, 1.54) is 4.90 Å². The normalized spacial score (nSPS) is 10.9. The van der Waals surface area contributed by atoms with E-state index >= 15 is 0 Å². The van der Waals surface area contributed by atoms with Crippen LogP contribution >= 0.6 is 23.4 Å². The number of thioether (sulfide) groups is 1. The Labute approximate surface area is 182 Å². The Bertz CT molecular complexity index is 770. The van der Waals surface area contributed by atoms with E-state index in [0.29, 0.717) is 35.2 Å². The third kappa shape index (κ3) is 7.80. The molecule has 0 atom stereocenters. The molecule has 7 heteroatoms. The zero-order valence-electron chi connectivity index (χ0n) is 17.1. The molecule has 0 aliphatic carbocycles. The number of ether oxygens (including phenoxy) is 1. The van der Waals surface area contributed by atoms with Crippen LogP contribution in [0.5, 0.6) is 5.75 Å². The fourth-order valence-corrected chi connectivity index (χ4v) is 3.79. The van der Waals surface area contributed by atoms with Crippen molar-refractivity contribution in [1.82, 2.24) is 10.2 Å². The largest absolute Gasteiger partial charge is 0.493 e. The van der Waals surface area contributed by atoms with Crippen molar-refractivity contribution in [1.29, 1.82) is 0 Å². The maximum absolute atomic E-state index is 12.6. The van der Waals surface area contributed by atoms with Gasteiger partial charge in [-0.1, -0.05) is 43.6 Å². The van der Waals surface area contributed by atoms with Gasteiger partial charge in [0.05, 0.1) is 22.9 Å². The number of carbonyl (C=O) groups excluding carboxylic acids is 1. The lowest BCUT2D eigenvalue weighted by atomic mass is 10.1. The van der Waals surface area contributed by atoms with E-state index in [1.807, 2.05) is 18.2 Å². The number of rotatable bonds is 12. The summed E-state index contributed by atoms with van der Waals surface area (Å²) in [5.74, 6) is 1.20. The van der Waals surface area contributed by atoms with Gasteiger partial charge in [0.2, 0.25) is 0 Å². The SMILES string of the molecule is CCN(CC)CCNC(=O)c1cc(Cl)c(N)cc1OCCCSc1ccccc1. The molecule has 0 aromatic heterocycles. The molecule has 0 unspecified atom stereocenters. The van der Waals surface area contributed by atoms with Gasteiger partial charge >= 0.3 is 0 Å². The van der Waals surface area contributed by atoms with Crippen LogP contribution in [0.1, 0.15) is 30.6 Å². The van der Waals surface area contributed by atoms with E-state index in [4.69, 9.17) is 22.1 Å². The molecule has 0 bridgehead atoms. The van der Waals surface area contributed by atoms with Crippen molar-refractivity contribution in [2.24, 2.45) is 0 Å². The monoisotopic (exact) mass is 435 g/mol. The van der Waals surface area contributed by atoms with Crippen LogP contribution in [0.2, 0.25) is 5.02 Å². The van der Waals surface area contributed by atoms with Crippen molar-refractivity contribution in [3.8, 4) is 5.75 Å². The predicted octanol–water partition coefficient (Wildman–Crippen LogP) is 4.56. The fraction of sp³-hybridized carbons (Fsp3) is 0.409. The first kappa shape index (κ1) is 23.4. The van der Waals surface area contributed by atoms with E-state index in [9.17, 15) is 4.79 Å². The van der Waals surface area contributed by atoms with E-state index in [2.05, 4.69) is 36.2 Å². The van der Waals surface area contributed by atoms with E-state index in [-0.39, 0.29) is 5.91 Å². The quantitative estimate of drug-likeness (QED) is 0.290. The summed E-state index contributed by atoms with van der Waals surface area (Å²) in [6.07, 6.45) is 0.852. The lowest BCUT2D eigenvalue weighted by Crippen LogP contribution is -2.35. The third-order valence-corrected chi connectivity index (χ3v) is 5.94. The van der Waals surface area contributed by atoms with Crippen molar-refractivity contribution in [2.75, 3.05) is 44.3 Å². The number of nitrogens with two attached hydrogens (primary N) is 1. The Balaban J connectivity index is 1.89. The summed E-state index contributed by atoms with van der Waals surface area (Å²) < 4.78 is 5.88. The fourth-order valence-electron chi connectivity index (χ4n) is 2.78. The summed E-state index contributed by atoms with van der Waals surface area (Å²) in [7, 11) is 0. The van der Waals surface area contributed by atoms with Crippen LogP contribution in [-0.4, -0.2) is 49.3 Å². The third-order valence-electron chi connectivity index (χ3n) is 4.51. The summed E-state index contributed by atoms with van der Waals surface area (Å²) >= 11 is 7.92. The highest BCUT2D eigenvalue weighted by Crippen LogP contribution is 2.29. The van der Waals surface area contributed by atoms with Gasteiger partial charge in [-0.05, 0) is 37.7 Å². The summed E-state index contributed by atoms with van der Waals surface area (Å²) in [5.41, 5.74) is 6.74. The zero-order chi connectivity index (χ0) is 21.1. The number of nitrogens with one attached hydrogen (secondary N) is 1. The van der Waals surface area contributed by atoms with Crippen LogP contribution in [-0.2, 0) is 0 Å². The maximum atomic E-state index is 12.6. The number of amides is 1. The molecule has 158 valence electrons. The molecular weight excluding hydrogens is 406 g/mol. The number of anilines is 1. The summed E-state index contributed by atoms with van der Waals surface area (Å²) in [6.45, 7) is 7.98. The molecule has 0 saturated heterocycles. The molecule has 0 spiro atoms. The molecule has 0 aliphatic rings. The number of carbonyl (C=O) groups is 1. The Kier molecular flexibility index (Phi) is 10.2. The second-order valence-corrected chi connectivity index (χ2v) is 8.09. The van der Waals surface area contributed by atoms with Crippen LogP contribution in [0.25, 0.3) is 0 Å². The maximum Gasteiger partial charge on any atom is 0.255 e. The number of benzene rings is 2. The minimum absolute atomic E-state index is 0.201. The molecule has 3 N–H and O–H groups in total. The minimum atomic E-state index is -0.201. The van der Waals surface area contributed by atoms with Crippen molar-refractivity contribution < 1.29 is 9.53 Å². The van der Waals surface area contributed by atoms with Crippen molar-refractivity contribution >= 4 is 35.0 Å². The molecule has 0 saturated carbocycles. The van der Waals surface area contributed by atoms with Crippen molar-refractivity contribution in [2.45, 2.75) is 25.2 Å². The molecule has 2 aromatic rings. The van der Waals surface area contributed by atoms with Gasteiger partial charge in [-0.3, -0.25) is 4.79 Å². The Morgan fingerprint density at radius 2 is 1.93 bits per heavy atom. The zero-order valence-corrected chi connectivity index (χ0v) is 18.7. The number of likely N-dealkylation sites (N-methyl/N-ethyl adjacent to an activating group) is 1. The van der Waals surface area contributed by atoms with E-state index < -0.39 is 0 Å². The van der Waals surface area contributed by atoms with Crippen molar-refractivity contribution in [3.05, 3.63) is 53.1 Å². The first-order valence-corrected chi connectivity index (χ1v) is 11.3. The molecular formula is C22H30ClN3O2S. The Hall–Kier alpha value is -1.89. The standard InChI is InChI=1S/C22H30ClN3O2S/c1-3-26(4-2)12-11-25-22(27)18-15-19(23)20(24)16-21(18)28-13-8-14-29-17-9-6-5-7-10-17/h5-7,9-10,15-16H,3-4,8,11-14,24H2,1-2H3,(H,25,27). The van der Waals surface area contributed by atoms with Gasteiger partial charge in [-0.15, -0.1) is 11.8 Å². The van der Waals surface area contributed by atoms with Crippen LogP contribution < -0.4 is 15.8 Å². The Morgan fingerprint density at radius 3 is 2.62 bits per heavy atom. The van der Waals surface area contributed by atoms with Gasteiger partial charge in [0.1, 0.15) is 5.75 Å². The van der Waals surface area contributed by atoms with Gasteiger partial charge in [0.15, 0.2) is 0 Å². The number of nitrogen functional groups attached to an aromatic ring is 1. The lowest BCUT2D eigenvalue weighted by molar-refractivity contribution is 0.0945. The average Bonchev–Trinajstić information content (AvgIpc) is 2.73. The molecule has 2 aromatic carbocycles. The van der Waals surface area contributed by atoms with Gasteiger partial charge in [0.25, 0.3) is 5.91 Å². The molecule has 1 amide bonds. The average molecular weight is 436 g/mol. The van der Waals surface area contributed by atoms with Crippen LogP contribution in [0.4, 0.5) is 5.69 Å². The second-order valence-electron chi connectivity index (χ2n) is 6.52. The highest BCUT2D eigenvalue weighted by atomic mass is 35.5. The first-order chi connectivity index (χ1) is 14.0. The van der Waals surface area contributed by atoms with Gasteiger partial charge < -0.3 is 20.7 Å². The number of hydrogen-bond donors (Lipinski definition) is 2. The summed E-state index contributed by atoms with van der Waals surface area (Å²) in [5, 5.41) is 3.30. The summed E-state index contributed by atoms with van der Waals surface area (Å²) in [6, 6.07) is 13.5. The number of hydrogen-bond acceptors (Lipinski definition) is 5. The molecule has 0 aliphatic heterocycles. The summed E-state index contributed by atoms with van der Waals surface area (Å²) in [4.78, 5) is 16.1. The van der Waals surface area contributed by atoms with Gasteiger partial charge in [-0.25, -0.2) is 0 Å². The minimum Gasteiger partial charge on any atom is -0.493 e. The van der Waals surface area contributed by atoms with Gasteiger partial charge in [0, 0.05) is 29.8 Å². The molecule has 0 fully saturated rings. The smallest absolute Gasteiger partial charge is 0.255 e. The Morgan fingerprint density at radius 1 is 1.21 bits per heavy atom. The number of nitrogens with zero attached hydrogens (tertiary/aromatic N) is 1. The molecule has 2 rings (SSSR count). The van der Waals surface area contributed by atoms with Crippen molar-refractivity contribution in [3.63, 3.8) is 0 Å². The molecule has 0 radical (unpaired) electrons. The highest BCUT2D eigenvalue weighted by Gasteiger charge is 2.15. The first-order valence-electron chi connectivity index (χ1n) is 9.95. The second kappa shape index (κ2) is 12.6. The highest BCUT2D eigenvalue weighted by molar-refractivity contribution is 7.99. The molecule has 29 heavy (non-hydrogen) atoms. The topological polar surface area (TPSA) is 67.6 Å².